The summed E-state index contributed by atoms with van der Waals surface area (Å²) in [5.41, 5.74) is 0. The molecule has 1 rings (SSSR count). The lowest BCUT2D eigenvalue weighted by molar-refractivity contribution is -0.305. The first-order valence-electron chi connectivity index (χ1n) is 35.1. The molecule has 8 atom stereocenters. The number of unbranched alkanes of at least 4 members (excludes halogenated alkanes) is 38. The molecule has 8 unspecified atom stereocenters. The maximum atomic E-state index is 13.5. The van der Waals surface area contributed by atoms with Crippen LogP contribution in [0.4, 0.5) is 0 Å². The Morgan fingerprint density at radius 2 is 0.831 bits per heavy atom. The van der Waals surface area contributed by atoms with Gasteiger partial charge >= 0.3 is 5.97 Å². The van der Waals surface area contributed by atoms with Crippen molar-refractivity contribution < 1.29 is 49.3 Å². The first-order valence-corrected chi connectivity index (χ1v) is 35.1. The van der Waals surface area contributed by atoms with E-state index in [4.69, 9.17) is 14.2 Å². The first kappa shape index (κ1) is 78.4. The Bertz CT molecular complexity index is 1580. The van der Waals surface area contributed by atoms with Gasteiger partial charge in [-0.1, -0.05) is 287 Å². The quantitative estimate of drug-likeness (QED) is 0.0195. The molecule has 1 saturated heterocycles. The van der Waals surface area contributed by atoms with Crippen molar-refractivity contribution in [3.63, 3.8) is 0 Å². The number of aliphatic hydroxyl groups is 5. The van der Waals surface area contributed by atoms with E-state index in [1.165, 1.54) is 193 Å². The molecule has 6 N–H and O–H groups in total. The number of nitrogens with one attached hydrogen (secondary N) is 1. The van der Waals surface area contributed by atoms with E-state index in [1.54, 1.807) is 6.08 Å². The van der Waals surface area contributed by atoms with Crippen LogP contribution in [0.1, 0.15) is 323 Å². The molecular weight excluding hydrogens is 1040 g/mol. The summed E-state index contributed by atoms with van der Waals surface area (Å²) in [7, 11) is 0. The molecule has 1 fully saturated rings. The van der Waals surface area contributed by atoms with E-state index in [0.717, 1.165) is 83.5 Å². The Labute approximate surface area is 509 Å². The topological polar surface area (TPSA) is 175 Å². The Morgan fingerprint density at radius 1 is 0.470 bits per heavy atom. The summed E-state index contributed by atoms with van der Waals surface area (Å²) in [6, 6.07) is -1.03. The van der Waals surface area contributed by atoms with E-state index in [9.17, 15) is 35.1 Å². The van der Waals surface area contributed by atoms with Crippen molar-refractivity contribution in [1.29, 1.82) is 0 Å². The Kier molecular flexibility index (Phi) is 56.4. The van der Waals surface area contributed by atoms with Crippen molar-refractivity contribution in [3.05, 3.63) is 60.8 Å². The molecule has 11 nitrogen and oxygen atoms in total. The molecule has 0 bridgehead atoms. The second-order valence-electron chi connectivity index (χ2n) is 24.3. The fourth-order valence-corrected chi connectivity index (χ4v) is 10.8. The zero-order chi connectivity index (χ0) is 60.3. The lowest BCUT2D eigenvalue weighted by Gasteiger charge is -2.41. The molecule has 0 aromatic carbocycles. The highest BCUT2D eigenvalue weighted by Crippen LogP contribution is 2.26. The zero-order valence-corrected chi connectivity index (χ0v) is 53.8. The van der Waals surface area contributed by atoms with Gasteiger partial charge in [0.15, 0.2) is 12.4 Å². The molecule has 0 radical (unpaired) electrons. The third-order valence-corrected chi connectivity index (χ3v) is 16.4. The van der Waals surface area contributed by atoms with Gasteiger partial charge in [0, 0.05) is 6.42 Å². The molecule has 1 amide bonds. The predicted molar refractivity (Wildman–Crippen MR) is 347 cm³/mol. The number of aliphatic hydroxyl groups excluding tert-OH is 5. The molecule has 83 heavy (non-hydrogen) atoms. The lowest BCUT2D eigenvalue weighted by Crippen LogP contribution is -2.61. The molecule has 1 aliphatic rings. The molecule has 0 aliphatic carbocycles. The van der Waals surface area contributed by atoms with Crippen LogP contribution in [-0.2, 0) is 23.8 Å². The first-order chi connectivity index (χ1) is 40.7. The predicted octanol–water partition coefficient (Wildman–Crippen LogP) is 17.7. The zero-order valence-electron chi connectivity index (χ0n) is 53.8. The highest BCUT2D eigenvalue weighted by Gasteiger charge is 2.47. The molecule has 0 aromatic rings. The summed E-state index contributed by atoms with van der Waals surface area (Å²) in [6.07, 6.45) is 65.3. The van der Waals surface area contributed by atoms with E-state index in [0.29, 0.717) is 19.3 Å². The highest BCUT2D eigenvalue weighted by molar-refractivity contribution is 5.80. The molecule has 0 saturated carbocycles. The third kappa shape index (κ3) is 47.2. The monoisotopic (exact) mass is 1170 g/mol. The van der Waals surface area contributed by atoms with E-state index < -0.39 is 67.4 Å². The number of rotatable bonds is 60. The van der Waals surface area contributed by atoms with Crippen molar-refractivity contribution in [2.75, 3.05) is 13.2 Å². The van der Waals surface area contributed by atoms with Gasteiger partial charge in [0.1, 0.15) is 24.4 Å². The third-order valence-electron chi connectivity index (χ3n) is 16.4. The minimum absolute atomic E-state index is 0.115. The average molecular weight is 1170 g/mol. The Morgan fingerprint density at radius 3 is 1.28 bits per heavy atom. The van der Waals surface area contributed by atoms with Gasteiger partial charge in [-0.2, -0.15) is 0 Å². The van der Waals surface area contributed by atoms with Crippen molar-refractivity contribution in [2.24, 2.45) is 0 Å². The van der Waals surface area contributed by atoms with Gasteiger partial charge in [-0.05, 0) is 89.9 Å². The van der Waals surface area contributed by atoms with Gasteiger partial charge in [-0.25, -0.2) is 0 Å². The fourth-order valence-electron chi connectivity index (χ4n) is 10.8. The molecule has 0 aromatic heterocycles. The summed E-state index contributed by atoms with van der Waals surface area (Å²) < 4.78 is 17.7. The second-order valence-corrected chi connectivity index (χ2v) is 24.3. The van der Waals surface area contributed by atoms with Crippen LogP contribution in [0.25, 0.3) is 0 Å². The van der Waals surface area contributed by atoms with Crippen LogP contribution in [-0.4, -0.2) is 99.6 Å². The van der Waals surface area contributed by atoms with Gasteiger partial charge in [-0.15, -0.1) is 0 Å². The Hall–Kier alpha value is -2.64. The van der Waals surface area contributed by atoms with Crippen LogP contribution < -0.4 is 5.32 Å². The van der Waals surface area contributed by atoms with Gasteiger partial charge in [0.2, 0.25) is 5.91 Å². The van der Waals surface area contributed by atoms with Crippen molar-refractivity contribution in [1.82, 2.24) is 5.32 Å². The van der Waals surface area contributed by atoms with E-state index in [-0.39, 0.29) is 13.0 Å². The molecular formula is C72H131NO10. The van der Waals surface area contributed by atoms with E-state index >= 15 is 0 Å². The molecule has 0 spiro atoms. The van der Waals surface area contributed by atoms with Gasteiger partial charge in [0.05, 0.1) is 25.4 Å². The molecule has 484 valence electrons. The maximum absolute atomic E-state index is 13.5. The lowest BCUT2D eigenvalue weighted by atomic mass is 9.99. The molecule has 1 aliphatic heterocycles. The number of esters is 1. The van der Waals surface area contributed by atoms with Crippen LogP contribution in [0.15, 0.2) is 60.8 Å². The number of hydrogen-bond acceptors (Lipinski definition) is 10. The van der Waals surface area contributed by atoms with Crippen LogP contribution in [0.5, 0.6) is 0 Å². The van der Waals surface area contributed by atoms with Gasteiger partial charge in [0.25, 0.3) is 0 Å². The smallest absolute Gasteiger partial charge is 0.306 e. The number of carbonyl (C=O) groups excluding carboxylic acids is 2. The Balaban J connectivity index is 2.62. The average Bonchev–Trinajstić information content (AvgIpc) is 3.58. The van der Waals surface area contributed by atoms with Crippen LogP contribution in [0, 0.1) is 0 Å². The number of hydrogen-bond donors (Lipinski definition) is 6. The fraction of sp³-hybridized carbons (Fsp3) is 0.833. The number of amides is 1. The minimum Gasteiger partial charge on any atom is -0.454 e. The minimum atomic E-state index is -1.62. The van der Waals surface area contributed by atoms with Crippen molar-refractivity contribution >= 4 is 11.9 Å². The summed E-state index contributed by atoms with van der Waals surface area (Å²) >= 11 is 0. The summed E-state index contributed by atoms with van der Waals surface area (Å²) in [6.45, 7) is 5.79. The normalized spacial score (nSPS) is 18.9. The van der Waals surface area contributed by atoms with Crippen LogP contribution >= 0.6 is 0 Å². The standard InChI is InChI=1S/C72H131NO10/c1-4-7-10-13-16-19-22-25-27-29-31-33-35-37-39-42-45-48-51-54-57-60-67(77)83-70-69(79)68(78)66(61-74)82-72(70)81-62-63(64(75)58-55-52-49-46-43-40-24-21-18-15-12-9-6-3)73-71(80)65(76)59-56-53-50-47-44-41-38-36-34-32-30-28-26-23-20-17-14-11-8-5-2/h16,19,25-28,31,33,55,58,63-66,68-70,72,74-76,78-79H,4-15,17-18,20-24,29-30,32,34-54,56-57,59-62H2,1-3H3,(H,73,80)/b19-16-,27-25-,28-26+,33-31-,58-55+. The maximum Gasteiger partial charge on any atom is 0.306 e. The summed E-state index contributed by atoms with van der Waals surface area (Å²) in [5.74, 6) is -1.19. The molecule has 1 heterocycles. The van der Waals surface area contributed by atoms with E-state index in [1.807, 2.05) is 6.08 Å². The summed E-state index contributed by atoms with van der Waals surface area (Å²) in [4.78, 5) is 26.7. The van der Waals surface area contributed by atoms with Crippen molar-refractivity contribution in [2.45, 2.75) is 372 Å². The number of carbonyl (C=O) groups is 2. The number of ether oxygens (including phenoxy) is 3. The highest BCUT2D eigenvalue weighted by atomic mass is 16.7. The SMILES string of the molecule is CCCCC/C=C\C/C=C\C/C=C\CCCCCCCCCCC(=O)OC1C(OCC(NC(=O)C(O)CCCCCCCCCCCC/C=C/CCCCCCCC)C(O)/C=C/CCCCCCCCCCCCC)OC(CO)C(O)C1O. The number of allylic oxidation sites excluding steroid dienone is 9. The van der Waals surface area contributed by atoms with E-state index in [2.05, 4.69) is 74.7 Å². The summed E-state index contributed by atoms with van der Waals surface area (Å²) in [5, 5.41) is 57.2. The van der Waals surface area contributed by atoms with Crippen molar-refractivity contribution in [3.8, 4) is 0 Å². The van der Waals surface area contributed by atoms with Gasteiger partial charge < -0.3 is 45.1 Å². The second kappa shape index (κ2) is 59.7. The van der Waals surface area contributed by atoms with Crippen LogP contribution in [0.2, 0.25) is 0 Å². The van der Waals surface area contributed by atoms with Crippen LogP contribution in [0.3, 0.4) is 0 Å². The van der Waals surface area contributed by atoms with Gasteiger partial charge in [-0.3, -0.25) is 9.59 Å². The largest absolute Gasteiger partial charge is 0.454 e. The molecule has 11 heteroatoms.